The Bertz CT molecular complexity index is 516. The number of hydrogen-bond donors (Lipinski definition) is 1. The molecule has 0 aliphatic carbocycles. The minimum atomic E-state index is 0.590. The maximum absolute atomic E-state index is 5.90. The van der Waals surface area contributed by atoms with Crippen molar-refractivity contribution in [3.05, 3.63) is 56.2 Å². The van der Waals surface area contributed by atoms with Crippen molar-refractivity contribution in [3.63, 3.8) is 0 Å². The summed E-state index contributed by atoms with van der Waals surface area (Å²) in [6, 6.07) is 11.7. The molecule has 1 heterocycles. The van der Waals surface area contributed by atoms with E-state index in [0.29, 0.717) is 13.2 Å². The maximum Gasteiger partial charge on any atom is 0.0931 e. The zero-order valence-corrected chi connectivity index (χ0v) is 12.7. The molecule has 19 heavy (non-hydrogen) atoms. The van der Waals surface area contributed by atoms with Crippen molar-refractivity contribution in [1.82, 2.24) is 5.32 Å². The van der Waals surface area contributed by atoms with Crippen LogP contribution in [0.4, 0.5) is 0 Å². The van der Waals surface area contributed by atoms with E-state index in [0.717, 1.165) is 28.0 Å². The summed E-state index contributed by atoms with van der Waals surface area (Å²) < 4.78 is 6.40. The van der Waals surface area contributed by atoms with Crippen molar-refractivity contribution in [2.24, 2.45) is 0 Å². The second-order valence-corrected chi connectivity index (χ2v) is 6.30. The fourth-order valence-electron chi connectivity index (χ4n) is 1.62. The molecule has 0 saturated heterocycles. The van der Waals surface area contributed by atoms with E-state index >= 15 is 0 Å². The van der Waals surface area contributed by atoms with Crippen LogP contribution in [0, 0.1) is 0 Å². The molecule has 0 fully saturated rings. The summed E-state index contributed by atoms with van der Waals surface area (Å²) in [4.78, 5) is 1.24. The van der Waals surface area contributed by atoms with Gasteiger partial charge in [0.2, 0.25) is 0 Å². The van der Waals surface area contributed by atoms with Crippen LogP contribution in [0.5, 0.6) is 0 Å². The average Bonchev–Trinajstić information content (AvgIpc) is 2.79. The van der Waals surface area contributed by atoms with Gasteiger partial charge < -0.3 is 10.1 Å². The van der Waals surface area contributed by atoms with Gasteiger partial charge in [0.25, 0.3) is 0 Å². The van der Waals surface area contributed by atoms with Crippen LogP contribution in [-0.2, 0) is 17.9 Å². The fourth-order valence-corrected chi connectivity index (χ4v) is 2.89. The summed E-state index contributed by atoms with van der Waals surface area (Å²) in [5.74, 6) is 0. The fraction of sp³-hybridized carbons (Fsp3) is 0.286. The van der Waals surface area contributed by atoms with Crippen LogP contribution in [0.1, 0.15) is 10.4 Å². The summed E-state index contributed by atoms with van der Waals surface area (Å²) in [5.41, 5.74) is 1.09. The zero-order valence-electron chi connectivity index (χ0n) is 10.4. The third kappa shape index (κ3) is 5.51. The summed E-state index contributed by atoms with van der Waals surface area (Å²) >= 11 is 13.4. The van der Waals surface area contributed by atoms with Gasteiger partial charge in [0.1, 0.15) is 0 Å². The van der Waals surface area contributed by atoms with Crippen molar-refractivity contribution in [2.75, 3.05) is 13.2 Å². The smallest absolute Gasteiger partial charge is 0.0931 e. The van der Waals surface area contributed by atoms with E-state index in [4.69, 9.17) is 27.9 Å². The van der Waals surface area contributed by atoms with E-state index in [9.17, 15) is 0 Å². The topological polar surface area (TPSA) is 21.3 Å². The Hall–Kier alpha value is -0.580. The lowest BCUT2D eigenvalue weighted by Crippen LogP contribution is -2.18. The maximum atomic E-state index is 5.90. The second-order valence-electron chi connectivity index (χ2n) is 4.07. The second kappa shape index (κ2) is 7.88. The van der Waals surface area contributed by atoms with Gasteiger partial charge >= 0.3 is 0 Å². The molecule has 2 rings (SSSR count). The normalized spacial score (nSPS) is 10.8. The minimum Gasteiger partial charge on any atom is -0.375 e. The van der Waals surface area contributed by atoms with Crippen molar-refractivity contribution in [3.8, 4) is 0 Å². The zero-order chi connectivity index (χ0) is 13.5. The molecule has 0 amide bonds. The van der Waals surface area contributed by atoms with Crippen molar-refractivity contribution < 1.29 is 4.74 Å². The van der Waals surface area contributed by atoms with Gasteiger partial charge in [-0.25, -0.2) is 0 Å². The Morgan fingerprint density at radius 1 is 1.16 bits per heavy atom. The molecule has 0 bridgehead atoms. The molecule has 5 heteroatoms. The van der Waals surface area contributed by atoms with E-state index < -0.39 is 0 Å². The molecule has 1 N–H and O–H groups in total. The molecule has 0 unspecified atom stereocenters. The molecule has 1 aromatic heterocycles. The molecule has 0 aliphatic heterocycles. The molecule has 0 saturated carbocycles. The minimum absolute atomic E-state index is 0.590. The highest BCUT2D eigenvalue weighted by molar-refractivity contribution is 7.16. The number of hydrogen-bond acceptors (Lipinski definition) is 3. The van der Waals surface area contributed by atoms with E-state index in [1.54, 1.807) is 11.3 Å². The quantitative estimate of drug-likeness (QED) is 0.766. The Balaban J connectivity index is 1.57. The third-order valence-electron chi connectivity index (χ3n) is 2.51. The number of halogens is 2. The molecule has 1 aromatic carbocycles. The van der Waals surface area contributed by atoms with Gasteiger partial charge in [-0.1, -0.05) is 35.3 Å². The van der Waals surface area contributed by atoms with Gasteiger partial charge in [0.15, 0.2) is 0 Å². The molecular weight excluding hydrogens is 301 g/mol. The molecule has 0 radical (unpaired) electrons. The first-order valence-corrected chi connectivity index (χ1v) is 7.58. The first kappa shape index (κ1) is 14.8. The molecule has 0 spiro atoms. The molecular formula is C14H15Cl2NOS. The standard InChI is InChI=1S/C14H15Cl2NOS/c15-12-3-1-2-11(8-12)10-18-7-6-17-9-13-4-5-14(16)19-13/h1-5,8,17H,6-7,9-10H2. The van der Waals surface area contributed by atoms with Crippen LogP contribution in [0.2, 0.25) is 9.36 Å². The number of thiophene rings is 1. The number of benzene rings is 1. The Morgan fingerprint density at radius 2 is 2.05 bits per heavy atom. The van der Waals surface area contributed by atoms with E-state index in [1.165, 1.54) is 4.88 Å². The highest BCUT2D eigenvalue weighted by atomic mass is 35.5. The first-order valence-electron chi connectivity index (χ1n) is 6.01. The average molecular weight is 316 g/mol. The van der Waals surface area contributed by atoms with Crippen molar-refractivity contribution in [2.45, 2.75) is 13.2 Å². The highest BCUT2D eigenvalue weighted by Gasteiger charge is 1.98. The summed E-state index contributed by atoms with van der Waals surface area (Å²) in [6.45, 7) is 2.91. The number of ether oxygens (including phenoxy) is 1. The first-order chi connectivity index (χ1) is 9.24. The Labute approximate surface area is 127 Å². The monoisotopic (exact) mass is 315 g/mol. The predicted molar refractivity (Wildman–Crippen MR) is 82.1 cm³/mol. The molecule has 2 nitrogen and oxygen atoms in total. The Kier molecular flexibility index (Phi) is 6.14. The molecule has 0 aliphatic rings. The molecule has 2 aromatic rings. The van der Waals surface area contributed by atoms with Crippen LogP contribution in [-0.4, -0.2) is 13.2 Å². The van der Waals surface area contributed by atoms with Crippen molar-refractivity contribution in [1.29, 1.82) is 0 Å². The largest absolute Gasteiger partial charge is 0.375 e. The van der Waals surface area contributed by atoms with Crippen LogP contribution in [0.3, 0.4) is 0 Å². The van der Waals surface area contributed by atoms with Crippen LogP contribution in [0.15, 0.2) is 36.4 Å². The SMILES string of the molecule is Clc1cccc(COCCNCc2ccc(Cl)s2)c1. The predicted octanol–water partition coefficient (Wildman–Crippen LogP) is 4.36. The number of nitrogens with one attached hydrogen (secondary N) is 1. The van der Waals surface area contributed by atoms with Gasteiger partial charge in [-0.15, -0.1) is 11.3 Å². The summed E-state index contributed by atoms with van der Waals surface area (Å²) in [7, 11) is 0. The van der Waals surface area contributed by atoms with Gasteiger partial charge in [0, 0.05) is 23.0 Å². The lowest BCUT2D eigenvalue weighted by atomic mass is 10.2. The highest BCUT2D eigenvalue weighted by Crippen LogP contribution is 2.20. The number of rotatable bonds is 7. The lowest BCUT2D eigenvalue weighted by Gasteiger charge is -2.06. The summed E-state index contributed by atoms with van der Waals surface area (Å²) in [6.07, 6.45) is 0. The van der Waals surface area contributed by atoms with Crippen molar-refractivity contribution >= 4 is 34.5 Å². The van der Waals surface area contributed by atoms with E-state index in [2.05, 4.69) is 5.32 Å². The molecule has 102 valence electrons. The lowest BCUT2D eigenvalue weighted by molar-refractivity contribution is 0.122. The summed E-state index contributed by atoms with van der Waals surface area (Å²) in [5, 5.41) is 4.06. The Morgan fingerprint density at radius 3 is 2.79 bits per heavy atom. The van der Waals surface area contributed by atoms with Gasteiger partial charge in [0.05, 0.1) is 17.6 Å². The van der Waals surface area contributed by atoms with E-state index in [1.807, 2.05) is 36.4 Å². The van der Waals surface area contributed by atoms with Gasteiger partial charge in [-0.3, -0.25) is 0 Å². The van der Waals surface area contributed by atoms with E-state index in [-0.39, 0.29) is 0 Å². The molecule has 0 atom stereocenters. The van der Waals surface area contributed by atoms with Gasteiger partial charge in [-0.05, 0) is 29.8 Å². The van der Waals surface area contributed by atoms with Crippen LogP contribution >= 0.6 is 34.5 Å². The van der Waals surface area contributed by atoms with Crippen LogP contribution < -0.4 is 5.32 Å². The third-order valence-corrected chi connectivity index (χ3v) is 3.98. The van der Waals surface area contributed by atoms with Gasteiger partial charge in [-0.2, -0.15) is 0 Å². The van der Waals surface area contributed by atoms with Crippen LogP contribution in [0.25, 0.3) is 0 Å².